The van der Waals surface area contributed by atoms with Crippen molar-refractivity contribution in [1.82, 2.24) is 0 Å². The van der Waals surface area contributed by atoms with Crippen molar-refractivity contribution >= 4 is 11.6 Å². The fourth-order valence-corrected chi connectivity index (χ4v) is 2.70. The van der Waals surface area contributed by atoms with E-state index in [1.807, 2.05) is 13.0 Å². The monoisotopic (exact) mass is 307 g/mol. The Morgan fingerprint density at radius 3 is 2.68 bits per heavy atom. The summed E-state index contributed by atoms with van der Waals surface area (Å²) < 4.78 is 11.2. The smallest absolute Gasteiger partial charge is 0.268 e. The number of carbonyl (C=O) groups excluding carboxylic acids is 1. The number of benzene rings is 1. The van der Waals surface area contributed by atoms with E-state index in [2.05, 4.69) is 6.92 Å². The molecule has 0 aliphatic carbocycles. The Morgan fingerprint density at radius 1 is 1.32 bits per heavy atom. The number of aliphatic hydroxyl groups is 1. The second kappa shape index (κ2) is 7.49. The lowest BCUT2D eigenvalue weighted by atomic mass is 10.1. The Kier molecular flexibility index (Phi) is 5.66. The molecular weight excluding hydrogens is 282 g/mol. The third-order valence-corrected chi connectivity index (χ3v) is 3.95. The van der Waals surface area contributed by atoms with E-state index in [-0.39, 0.29) is 12.5 Å². The van der Waals surface area contributed by atoms with Gasteiger partial charge in [-0.25, -0.2) is 0 Å². The first-order chi connectivity index (χ1) is 10.7. The van der Waals surface area contributed by atoms with Crippen molar-refractivity contribution in [3.63, 3.8) is 0 Å². The molecule has 1 aliphatic rings. The van der Waals surface area contributed by atoms with E-state index in [9.17, 15) is 9.90 Å². The molecule has 1 atom stereocenters. The third kappa shape index (κ3) is 3.19. The average molecular weight is 307 g/mol. The number of methoxy groups -OCH3 is 1. The average Bonchev–Trinajstić information content (AvgIpc) is 2.55. The van der Waals surface area contributed by atoms with Gasteiger partial charge in [0.15, 0.2) is 17.6 Å². The van der Waals surface area contributed by atoms with Gasteiger partial charge in [0.05, 0.1) is 19.4 Å². The number of aliphatic hydroxyl groups excluding tert-OH is 1. The summed E-state index contributed by atoms with van der Waals surface area (Å²) in [5.41, 5.74) is 1.41. The van der Waals surface area contributed by atoms with Crippen molar-refractivity contribution < 1.29 is 19.4 Å². The van der Waals surface area contributed by atoms with Gasteiger partial charge in [0.2, 0.25) is 0 Å². The summed E-state index contributed by atoms with van der Waals surface area (Å²) in [6, 6.07) is 3.57. The zero-order valence-electron chi connectivity index (χ0n) is 13.6. The lowest BCUT2D eigenvalue weighted by Gasteiger charge is -2.35. The maximum Gasteiger partial charge on any atom is 0.268 e. The highest BCUT2D eigenvalue weighted by molar-refractivity contribution is 6.00. The molecule has 1 aliphatic heterocycles. The van der Waals surface area contributed by atoms with Gasteiger partial charge < -0.3 is 19.5 Å². The van der Waals surface area contributed by atoms with Crippen LogP contribution in [0.4, 0.5) is 5.69 Å². The number of unbranched alkanes of at least 4 members (excludes halogenated alkanes) is 2. The zero-order chi connectivity index (χ0) is 16.1. The van der Waals surface area contributed by atoms with Crippen LogP contribution in [-0.2, 0) is 11.4 Å². The van der Waals surface area contributed by atoms with E-state index < -0.39 is 6.10 Å². The number of ether oxygens (including phenoxy) is 2. The van der Waals surface area contributed by atoms with Crippen molar-refractivity contribution in [2.24, 2.45) is 0 Å². The first kappa shape index (κ1) is 16.6. The molecule has 5 nitrogen and oxygen atoms in total. The van der Waals surface area contributed by atoms with Gasteiger partial charge in [-0.2, -0.15) is 0 Å². The fraction of sp³-hybridized carbons (Fsp3) is 0.588. The summed E-state index contributed by atoms with van der Waals surface area (Å²) in [4.78, 5) is 14.4. The van der Waals surface area contributed by atoms with Gasteiger partial charge in [-0.05, 0) is 30.5 Å². The second-order valence-corrected chi connectivity index (χ2v) is 5.52. The van der Waals surface area contributed by atoms with Crippen molar-refractivity contribution in [1.29, 1.82) is 0 Å². The number of carbonyl (C=O) groups is 1. The van der Waals surface area contributed by atoms with Gasteiger partial charge in [0, 0.05) is 6.54 Å². The molecule has 5 heteroatoms. The van der Waals surface area contributed by atoms with Crippen LogP contribution >= 0.6 is 0 Å². The predicted octanol–water partition coefficient (Wildman–Crippen LogP) is 2.88. The van der Waals surface area contributed by atoms with Crippen LogP contribution in [-0.4, -0.2) is 30.8 Å². The Balaban J connectivity index is 2.43. The van der Waals surface area contributed by atoms with Crippen molar-refractivity contribution in [2.75, 3.05) is 18.6 Å². The second-order valence-electron chi connectivity index (χ2n) is 5.52. The lowest BCUT2D eigenvalue weighted by molar-refractivity contribution is -0.126. The fourth-order valence-electron chi connectivity index (χ4n) is 2.70. The molecule has 1 amide bonds. The summed E-state index contributed by atoms with van der Waals surface area (Å²) in [5, 5.41) is 9.42. The normalized spacial score (nSPS) is 17.2. The minimum Gasteiger partial charge on any atom is -0.493 e. The molecule has 22 heavy (non-hydrogen) atoms. The Bertz CT molecular complexity index is 530. The first-order valence-electron chi connectivity index (χ1n) is 7.96. The number of rotatable bonds is 7. The Morgan fingerprint density at radius 2 is 2.09 bits per heavy atom. The van der Waals surface area contributed by atoms with Gasteiger partial charge in [0.25, 0.3) is 5.91 Å². The largest absolute Gasteiger partial charge is 0.493 e. The number of hydrogen-bond acceptors (Lipinski definition) is 4. The standard InChI is InChI=1S/C17H25NO4/c1-4-6-7-8-18-13-9-12(11-19)10-15(21-3)16(13)22-14(5-2)17(18)20/h9-10,14,19H,4-8,11H2,1-3H3. The number of anilines is 1. The molecule has 0 aromatic heterocycles. The summed E-state index contributed by atoms with van der Waals surface area (Å²) in [5.74, 6) is 1.15. The minimum atomic E-state index is -0.469. The molecule has 1 N–H and O–H groups in total. The topological polar surface area (TPSA) is 59.0 Å². The summed E-state index contributed by atoms with van der Waals surface area (Å²) in [7, 11) is 1.57. The van der Waals surface area contributed by atoms with E-state index in [1.165, 1.54) is 0 Å². The van der Waals surface area contributed by atoms with Crippen LogP contribution < -0.4 is 14.4 Å². The number of fused-ring (bicyclic) bond motifs is 1. The van der Waals surface area contributed by atoms with E-state index >= 15 is 0 Å². The summed E-state index contributed by atoms with van der Waals surface area (Å²) in [6.45, 7) is 4.64. The predicted molar refractivity (Wildman–Crippen MR) is 85.5 cm³/mol. The zero-order valence-corrected chi connectivity index (χ0v) is 13.6. The third-order valence-electron chi connectivity index (χ3n) is 3.95. The first-order valence-corrected chi connectivity index (χ1v) is 7.96. The maximum absolute atomic E-state index is 12.6. The van der Waals surface area contributed by atoms with Crippen LogP contribution in [0, 0.1) is 0 Å². The molecule has 122 valence electrons. The van der Waals surface area contributed by atoms with Crippen molar-refractivity contribution in [3.05, 3.63) is 17.7 Å². The quantitative estimate of drug-likeness (QED) is 0.787. The number of amides is 1. The van der Waals surface area contributed by atoms with E-state index in [4.69, 9.17) is 9.47 Å². The number of nitrogens with zero attached hydrogens (tertiary/aromatic N) is 1. The summed E-state index contributed by atoms with van der Waals surface area (Å²) in [6.07, 6.45) is 3.27. The molecular formula is C17H25NO4. The Hall–Kier alpha value is -1.75. The van der Waals surface area contributed by atoms with Crippen molar-refractivity contribution in [3.8, 4) is 11.5 Å². The molecule has 1 aromatic rings. The lowest BCUT2D eigenvalue weighted by Crippen LogP contribution is -2.46. The summed E-state index contributed by atoms with van der Waals surface area (Å²) >= 11 is 0. The molecule has 1 unspecified atom stereocenters. The molecule has 0 bridgehead atoms. The van der Waals surface area contributed by atoms with Gasteiger partial charge in [-0.15, -0.1) is 0 Å². The van der Waals surface area contributed by atoms with E-state index in [1.54, 1.807) is 18.1 Å². The van der Waals surface area contributed by atoms with Crippen molar-refractivity contribution in [2.45, 2.75) is 52.2 Å². The molecule has 0 spiro atoms. The van der Waals surface area contributed by atoms with Gasteiger partial charge in [-0.1, -0.05) is 26.7 Å². The van der Waals surface area contributed by atoms with Crippen LogP contribution in [0.2, 0.25) is 0 Å². The minimum absolute atomic E-state index is 0.0109. The van der Waals surface area contributed by atoms with Crippen LogP contribution in [0.25, 0.3) is 0 Å². The SMILES string of the molecule is CCCCCN1C(=O)C(CC)Oc2c(OC)cc(CO)cc21. The molecule has 0 saturated carbocycles. The van der Waals surface area contributed by atoms with E-state index in [0.717, 1.165) is 19.3 Å². The highest BCUT2D eigenvalue weighted by atomic mass is 16.5. The van der Waals surface area contributed by atoms with Crippen LogP contribution in [0.5, 0.6) is 11.5 Å². The molecule has 2 rings (SSSR count). The highest BCUT2D eigenvalue weighted by Gasteiger charge is 2.35. The van der Waals surface area contributed by atoms with Gasteiger partial charge in [0.1, 0.15) is 0 Å². The molecule has 1 heterocycles. The maximum atomic E-state index is 12.6. The van der Waals surface area contributed by atoms with E-state index in [0.29, 0.717) is 35.7 Å². The van der Waals surface area contributed by atoms with Crippen LogP contribution in [0.1, 0.15) is 45.1 Å². The molecule has 0 saturated heterocycles. The molecule has 1 aromatic carbocycles. The Labute approximate surface area is 131 Å². The van der Waals surface area contributed by atoms with Gasteiger partial charge in [-0.3, -0.25) is 4.79 Å². The molecule has 0 fully saturated rings. The van der Waals surface area contributed by atoms with Crippen LogP contribution in [0.3, 0.4) is 0 Å². The van der Waals surface area contributed by atoms with Gasteiger partial charge >= 0.3 is 0 Å². The molecule has 0 radical (unpaired) electrons. The van der Waals surface area contributed by atoms with Crippen LogP contribution in [0.15, 0.2) is 12.1 Å². The highest BCUT2D eigenvalue weighted by Crippen LogP contribution is 2.43. The number of hydrogen-bond donors (Lipinski definition) is 1.